The highest BCUT2D eigenvalue weighted by Gasteiger charge is 2.23. The van der Waals surface area contributed by atoms with Gasteiger partial charge in [0, 0.05) is 38.6 Å². The molecule has 40 heavy (non-hydrogen) atoms. The second-order valence-electron chi connectivity index (χ2n) is 8.01. The minimum absolute atomic E-state index is 0. The smallest absolute Gasteiger partial charge is 0.256 e. The maximum Gasteiger partial charge on any atom is 0.256 e. The van der Waals surface area contributed by atoms with Crippen molar-refractivity contribution in [2.24, 2.45) is 10.9 Å². The molecule has 1 aliphatic heterocycles. The van der Waals surface area contributed by atoms with E-state index in [1.165, 1.54) is 31.5 Å². The van der Waals surface area contributed by atoms with Crippen molar-refractivity contribution in [1.82, 2.24) is 4.90 Å². The van der Waals surface area contributed by atoms with Gasteiger partial charge in [-0.15, -0.1) is 6.58 Å². The Hall–Kier alpha value is -3.29. The van der Waals surface area contributed by atoms with E-state index in [9.17, 15) is 19.2 Å². The lowest BCUT2D eigenvalue weighted by atomic mass is 10.2. The molecule has 2 amide bonds. The summed E-state index contributed by atoms with van der Waals surface area (Å²) in [5, 5.41) is 0. The summed E-state index contributed by atoms with van der Waals surface area (Å²) in [5.74, 6) is 8.06. The first-order valence-corrected chi connectivity index (χ1v) is 11.5. The molecule has 6 nitrogen and oxygen atoms in total. The topological polar surface area (TPSA) is 83.9 Å². The number of likely N-dealkylation sites (N-methyl/N-ethyl adjacent to an activating group) is 1. The number of rotatable bonds is 3. The van der Waals surface area contributed by atoms with Gasteiger partial charge in [-0.25, -0.2) is 4.99 Å². The lowest BCUT2D eigenvalue weighted by molar-refractivity contribution is -0.135. The fraction of sp³-hybridized carbons (Fsp3) is 0.588. The van der Waals surface area contributed by atoms with Crippen LogP contribution in [0.2, 0.25) is 0 Å². The number of imide groups is 1. The van der Waals surface area contributed by atoms with Crippen LogP contribution >= 0.6 is 0 Å². The van der Waals surface area contributed by atoms with Gasteiger partial charge in [0.15, 0.2) is 5.78 Å². The molecule has 0 atom stereocenters. The number of ketones is 2. The van der Waals surface area contributed by atoms with Gasteiger partial charge >= 0.3 is 0 Å². The maximum atomic E-state index is 10.8. The summed E-state index contributed by atoms with van der Waals surface area (Å²) in [7, 11) is 3.10. The number of allylic oxidation sites excluding steroid dienone is 2. The quantitative estimate of drug-likeness (QED) is 0.0851. The highest BCUT2D eigenvalue weighted by Crippen LogP contribution is 2.26. The molecule has 6 heteroatoms. The molecule has 2 aliphatic rings. The van der Waals surface area contributed by atoms with Crippen molar-refractivity contribution in [3.8, 4) is 11.8 Å². The van der Waals surface area contributed by atoms with Crippen molar-refractivity contribution in [3.05, 3.63) is 42.5 Å². The van der Waals surface area contributed by atoms with Crippen molar-refractivity contribution in [3.63, 3.8) is 0 Å². The number of carbonyl (C=O) groups is 4. The molecule has 0 radical (unpaired) electrons. The van der Waals surface area contributed by atoms with Crippen LogP contribution in [0.15, 0.2) is 47.5 Å². The number of hydrogen-bond donors (Lipinski definition) is 0. The van der Waals surface area contributed by atoms with E-state index in [1.54, 1.807) is 34.7 Å². The van der Waals surface area contributed by atoms with Gasteiger partial charge in [-0.3, -0.25) is 24.1 Å². The van der Waals surface area contributed by atoms with Crippen molar-refractivity contribution < 1.29 is 19.2 Å². The Bertz CT molecular complexity index is 841. The molecule has 0 spiro atoms. The van der Waals surface area contributed by atoms with Crippen molar-refractivity contribution in [1.29, 1.82) is 0 Å². The number of hydrogen-bond acceptors (Lipinski definition) is 5. The average molecular weight is 567 g/mol. The largest absolute Gasteiger partial charge is 0.295 e. The number of amides is 2. The van der Waals surface area contributed by atoms with E-state index in [0.29, 0.717) is 24.0 Å². The molecule has 0 aromatic rings. The van der Waals surface area contributed by atoms with Gasteiger partial charge in [-0.05, 0) is 64.5 Å². The third-order valence-corrected chi connectivity index (χ3v) is 3.72. The monoisotopic (exact) mass is 567 g/mol. The molecule has 1 aliphatic carbocycles. The van der Waals surface area contributed by atoms with E-state index in [2.05, 4.69) is 49.4 Å². The van der Waals surface area contributed by atoms with Crippen LogP contribution in [-0.4, -0.2) is 48.2 Å². The van der Waals surface area contributed by atoms with Crippen molar-refractivity contribution >= 4 is 29.3 Å². The van der Waals surface area contributed by atoms with Crippen LogP contribution in [0.5, 0.6) is 0 Å². The molecule has 1 fully saturated rings. The van der Waals surface area contributed by atoms with Crippen LogP contribution in [0.4, 0.5) is 0 Å². The highest BCUT2D eigenvalue weighted by molar-refractivity contribution is 6.15. The van der Waals surface area contributed by atoms with E-state index in [-0.39, 0.29) is 60.5 Å². The number of Topliss-reactive ketones (excluding diaryl/α,β-unsaturated/α-hetero) is 2. The van der Waals surface area contributed by atoms with Crippen LogP contribution in [-0.2, 0) is 19.2 Å². The summed E-state index contributed by atoms with van der Waals surface area (Å²) in [4.78, 5) is 46.5. The van der Waals surface area contributed by atoms with Gasteiger partial charge < -0.3 is 0 Å². The molecular weight excluding hydrogens is 500 g/mol. The minimum atomic E-state index is -0.225. The number of aliphatic imine (C=N–C) groups is 1. The molecule has 236 valence electrons. The summed E-state index contributed by atoms with van der Waals surface area (Å²) < 4.78 is 0. The van der Waals surface area contributed by atoms with E-state index < -0.39 is 0 Å². The summed E-state index contributed by atoms with van der Waals surface area (Å²) in [5.41, 5.74) is 2.34. The van der Waals surface area contributed by atoms with Crippen molar-refractivity contribution in [2.75, 3.05) is 14.1 Å². The molecule has 0 aromatic heterocycles. The van der Waals surface area contributed by atoms with E-state index in [4.69, 9.17) is 0 Å². The lowest BCUT2D eigenvalue weighted by Gasteiger charge is -2.03. The zero-order valence-corrected chi connectivity index (χ0v) is 23.6. The molecule has 0 N–H and O–H groups in total. The SMILES string of the molecule is C.C.C.C.C.C=C(C)C.C=C(C)C(=O)CC.C=C=NC.CC#CC(=O)CC.CC1=CC(=O)N(C)C1=O.CC1CC1. The van der Waals surface area contributed by atoms with Gasteiger partial charge in [0.25, 0.3) is 11.8 Å². The first kappa shape index (κ1) is 61.0. The van der Waals surface area contributed by atoms with Gasteiger partial charge in [-0.1, -0.05) is 88.8 Å². The summed E-state index contributed by atoms with van der Waals surface area (Å²) in [6.07, 6.45) is 5.42. The highest BCUT2D eigenvalue weighted by atomic mass is 16.2. The summed E-state index contributed by atoms with van der Waals surface area (Å²) in [6, 6.07) is 0. The molecular formula is C34H66N2O4. The Morgan fingerprint density at radius 3 is 1.40 bits per heavy atom. The minimum Gasteiger partial charge on any atom is -0.295 e. The first-order chi connectivity index (χ1) is 16.2. The second-order valence-corrected chi connectivity index (χ2v) is 8.01. The van der Waals surface area contributed by atoms with E-state index in [1.807, 2.05) is 20.8 Å². The van der Waals surface area contributed by atoms with Gasteiger partial charge in [-0.2, -0.15) is 0 Å². The zero-order valence-electron chi connectivity index (χ0n) is 23.6. The van der Waals surface area contributed by atoms with Gasteiger partial charge in [0.05, 0.1) is 0 Å². The summed E-state index contributed by atoms with van der Waals surface area (Å²) in [6.45, 7) is 25.1. The number of nitrogens with zero attached hydrogens (tertiary/aromatic N) is 2. The van der Waals surface area contributed by atoms with Gasteiger partial charge in [0.1, 0.15) is 0 Å². The van der Waals surface area contributed by atoms with E-state index >= 15 is 0 Å². The standard InChI is InChI=1S/C6H7NO2.C6H10O.C6H8O.2C4H8.C3H5N.5CH4/c1-4-3-5(8)7(2)6(4)9;1-4-6(7)5(2)3;1-3-5-6(7)4-2;1-4-2-3-4;1-4(2)3;1-3-4-2;;;;;/h3H,1-2H3;2,4H2,1,3H3;4H2,1-2H3;4H,2-3H2,1H3;1H2,2-3H3;1H2,2H3;5*1H4. The summed E-state index contributed by atoms with van der Waals surface area (Å²) >= 11 is 0. The molecule has 0 unspecified atom stereocenters. The normalized spacial score (nSPS) is 10.6. The van der Waals surface area contributed by atoms with Crippen LogP contribution < -0.4 is 0 Å². The van der Waals surface area contributed by atoms with Crippen LogP contribution in [0, 0.1) is 17.8 Å². The van der Waals surface area contributed by atoms with Crippen LogP contribution in [0.3, 0.4) is 0 Å². The molecule has 2 rings (SSSR count). The molecule has 1 heterocycles. The van der Waals surface area contributed by atoms with E-state index in [0.717, 1.165) is 10.8 Å². The molecule has 0 saturated heterocycles. The number of carbonyl (C=O) groups excluding carboxylic acids is 4. The Kier molecular flexibility index (Phi) is 61.3. The predicted octanol–water partition coefficient (Wildman–Crippen LogP) is 9.11. The third-order valence-electron chi connectivity index (χ3n) is 3.72. The Balaban J connectivity index is -0.0000000413. The lowest BCUT2D eigenvalue weighted by Crippen LogP contribution is -2.25. The van der Waals surface area contributed by atoms with Crippen LogP contribution in [0.25, 0.3) is 0 Å². The van der Waals surface area contributed by atoms with Gasteiger partial charge in [0.2, 0.25) is 5.78 Å². The Labute approximate surface area is 250 Å². The van der Waals surface area contributed by atoms with Crippen molar-refractivity contribution in [2.45, 2.75) is 118 Å². The second kappa shape index (κ2) is 40.2. The average Bonchev–Trinajstić information content (AvgIpc) is 3.56. The Morgan fingerprint density at radius 2 is 1.35 bits per heavy atom. The Morgan fingerprint density at radius 1 is 1.00 bits per heavy atom. The zero-order chi connectivity index (χ0) is 28.6. The molecule has 0 aromatic carbocycles. The first-order valence-electron chi connectivity index (χ1n) is 11.5. The molecule has 0 bridgehead atoms. The maximum absolute atomic E-state index is 10.8. The fourth-order valence-corrected chi connectivity index (χ4v) is 1.40. The molecule has 1 saturated carbocycles. The third kappa shape index (κ3) is 51.4. The fourth-order valence-electron chi connectivity index (χ4n) is 1.40. The van der Waals surface area contributed by atoms with Crippen LogP contribution in [0.1, 0.15) is 118 Å². The predicted molar refractivity (Wildman–Crippen MR) is 182 cm³/mol.